The number of halogens is 3. The molecule has 15 rings (SSSR count). The Hall–Kier alpha value is -10.4. The van der Waals surface area contributed by atoms with Crippen molar-refractivity contribution in [2.75, 3.05) is 53.6 Å². The number of nitrogens with two attached hydrogens (primary N) is 1. The lowest BCUT2D eigenvalue weighted by molar-refractivity contribution is -0.334. The van der Waals surface area contributed by atoms with Gasteiger partial charge < -0.3 is 152 Å². The molecule has 7 aromatic carbocycles. The van der Waals surface area contributed by atoms with E-state index >= 15 is 28.8 Å². The van der Waals surface area contributed by atoms with Crippen LogP contribution in [0.5, 0.6) is 46.0 Å². The number of ketones is 2. The topological polar surface area (TPSA) is 587 Å². The number of ether oxygens (including phenoxy) is 8. The Kier molecular flexibility index (Phi) is 34.4. The van der Waals surface area contributed by atoms with E-state index in [4.69, 9.17) is 78.4 Å². The van der Waals surface area contributed by atoms with Gasteiger partial charge in [-0.3, -0.25) is 38.4 Å². The van der Waals surface area contributed by atoms with Gasteiger partial charge in [-0.1, -0.05) is 110 Å². The summed E-state index contributed by atoms with van der Waals surface area (Å²) in [7, 11) is 3.56. The van der Waals surface area contributed by atoms with E-state index in [2.05, 4.69) is 37.2 Å². The van der Waals surface area contributed by atoms with Gasteiger partial charge in [0.15, 0.2) is 41.7 Å². The number of Topliss-reactive ketones (excluding diaryl/α,β-unsaturated/α-hetero) is 2. The number of benzene rings is 7. The minimum absolute atomic E-state index is 0.0490. The average Bonchev–Trinajstić information content (AvgIpc) is 0.756. The third-order valence-corrected chi connectivity index (χ3v) is 26.3. The average molecular weight is 1970 g/mol. The molecule has 0 aromatic heterocycles. The number of carbonyl (C=O) groups is 8. The fraction of sp³-hybridized carbons (Fsp3) is 0.479. The monoisotopic (exact) mass is 1960 g/mol. The number of rotatable bonds is 28. The summed E-state index contributed by atoms with van der Waals surface area (Å²) in [5, 5.41) is 171. The molecule has 0 aliphatic carbocycles. The summed E-state index contributed by atoms with van der Waals surface area (Å²) >= 11 is 20.8. The van der Waals surface area contributed by atoms with Crippen LogP contribution in [0, 0.1) is 17.8 Å². The zero-order valence-electron chi connectivity index (χ0n) is 75.9. The van der Waals surface area contributed by atoms with Crippen molar-refractivity contribution >= 4 is 81.8 Å². The minimum Gasteiger partial charge on any atom is -0.507 e. The van der Waals surface area contributed by atoms with E-state index in [0.29, 0.717) is 24.4 Å². The molecule has 22 N–H and O–H groups in total. The number of carbonyl (C=O) groups excluding carboxylic acids is 8. The van der Waals surface area contributed by atoms with Gasteiger partial charge in [0.25, 0.3) is 0 Å². The fourth-order valence-corrected chi connectivity index (χ4v) is 18.4. The second-order valence-corrected chi connectivity index (χ2v) is 37.4. The molecule has 6 amide bonds. The number of phenols is 3. The molecule has 3 saturated heterocycles. The highest BCUT2D eigenvalue weighted by Gasteiger charge is 2.53. The molecule has 7 aromatic rings. The Bertz CT molecular complexity index is 5530. The first-order valence-electron chi connectivity index (χ1n) is 45.0. The summed E-state index contributed by atoms with van der Waals surface area (Å²) in [6, 6.07) is 20.2. The number of fused-ring (bicyclic) bond motifs is 15. The molecule has 8 heterocycles. The van der Waals surface area contributed by atoms with Crippen LogP contribution >= 0.6 is 34.8 Å². The predicted octanol–water partition coefficient (Wildman–Crippen LogP) is 4.56. The zero-order chi connectivity index (χ0) is 99.0. The van der Waals surface area contributed by atoms with E-state index in [9.17, 15) is 76.0 Å². The number of hydrogen-bond donors (Lipinski definition) is 21. The number of aliphatic hydroxyl groups excluding tert-OH is 10. The van der Waals surface area contributed by atoms with Gasteiger partial charge in [0, 0.05) is 79.5 Å². The maximum Gasteiger partial charge on any atom is 0.247 e. The number of amides is 6. The quantitative estimate of drug-likeness (QED) is 0.0299. The van der Waals surface area contributed by atoms with Crippen molar-refractivity contribution in [1.29, 1.82) is 0 Å². The highest BCUT2D eigenvalue weighted by atomic mass is 35.5. The number of primary amides is 1. The van der Waals surface area contributed by atoms with Gasteiger partial charge in [-0.25, -0.2) is 0 Å². The molecule has 137 heavy (non-hydrogen) atoms. The van der Waals surface area contributed by atoms with Gasteiger partial charge >= 0.3 is 0 Å². The molecule has 8 aliphatic rings. The summed E-state index contributed by atoms with van der Waals surface area (Å²) < 4.78 is 51.2. The summed E-state index contributed by atoms with van der Waals surface area (Å²) in [5.41, 5.74) is 4.56. The number of nitrogens with one attached hydrogen (secondary N) is 7. The predicted molar refractivity (Wildman–Crippen MR) is 492 cm³/mol. The van der Waals surface area contributed by atoms with Gasteiger partial charge in [0.2, 0.25) is 47.5 Å². The number of aliphatic hydroxyl groups is 10. The fourth-order valence-electron chi connectivity index (χ4n) is 17.8. The highest BCUT2D eigenvalue weighted by Crippen LogP contribution is 2.52. The molecule has 11 bridgehead atoms. The van der Waals surface area contributed by atoms with Gasteiger partial charge in [-0.05, 0) is 171 Å². The Morgan fingerprint density at radius 2 is 1.27 bits per heavy atom. The van der Waals surface area contributed by atoms with Crippen LogP contribution in [0.3, 0.4) is 0 Å². The van der Waals surface area contributed by atoms with Gasteiger partial charge in [0.1, 0.15) is 108 Å². The third-order valence-electron chi connectivity index (χ3n) is 25.5. The minimum atomic E-state index is -2.28. The molecular formula is C96H116Cl3N9O29. The van der Waals surface area contributed by atoms with E-state index < -0.39 is 287 Å². The molecule has 0 spiro atoms. The molecule has 740 valence electrons. The molecule has 5 unspecified atom stereocenters. The van der Waals surface area contributed by atoms with Crippen LogP contribution in [-0.2, 0) is 75.1 Å². The maximum atomic E-state index is 16.8. The van der Waals surface area contributed by atoms with Crippen molar-refractivity contribution in [2.45, 2.75) is 220 Å². The second-order valence-electron chi connectivity index (χ2n) is 36.1. The summed E-state index contributed by atoms with van der Waals surface area (Å²) in [5.74, 6) is -18.6. The third kappa shape index (κ3) is 24.0. The van der Waals surface area contributed by atoms with Crippen molar-refractivity contribution < 1.29 is 143 Å². The molecule has 41 heteroatoms. The summed E-state index contributed by atoms with van der Waals surface area (Å²) in [6.07, 6.45) is -28.2. The number of hydrogen-bond acceptors (Lipinski definition) is 32. The molecule has 0 saturated carbocycles. The lowest BCUT2D eigenvalue weighted by atomic mass is 9.84. The van der Waals surface area contributed by atoms with E-state index in [-0.39, 0.29) is 83.8 Å². The van der Waals surface area contributed by atoms with Crippen LogP contribution in [0.25, 0.3) is 22.3 Å². The largest absolute Gasteiger partial charge is 0.507 e. The summed E-state index contributed by atoms with van der Waals surface area (Å²) in [4.78, 5) is 125. The lowest BCUT2D eigenvalue weighted by Gasteiger charge is -2.48. The smallest absolute Gasteiger partial charge is 0.247 e. The standard InChI is InChI=1S/C96H116Cl3N9O29/c1-8-46(28-43(2)3)89(125)106-76-63(113)32-53(35-71(100)115)90(126)104-74-52-33-67(132-65-22-17-50(78(76)116)30-59(65)98)86(137-95-87(84(122)82(120)70(42-110)135-95)136-72-38-96(5,88(124)44(4)131-72)103-39-45-10-12-47(13-11-45)48-14-19-54(97)20-15-48)68(34-52)133-66-23-18-51(31-60(66)99)79(117)77-93(129)105-75(92(128)102-24-9-26-108(6)7)57-37-62(112)58(40-101-25-27-130-94-85(123)83(121)81(119)69(41-109)134-94)80(118)73(57)56-29-49(16-21-61(56)111)55(36-64(74)114)91(127)107-77/h10-23,29-31,33-34,37,43-44,46,53,55,69-70,72,74-79,81-85,87-88,94-95,101,103,109-112,116-124H,8-9,24-28,32,35-36,38-42H2,1-7H3,(H2,100,115)(H,102,128)(H,104,126)(H,105,129)(H,106,125)(H,107,127)/t44-,46+,53-,55-,69?,70+,72-,74+,75-,76-,77-,78+,79+,81+,82?,83-,84?,85+,87+,88+,94?,95-,96?/m0/s1. The first-order valence-corrected chi connectivity index (χ1v) is 46.2. The van der Waals surface area contributed by atoms with Crippen molar-refractivity contribution in [1.82, 2.24) is 42.1 Å². The van der Waals surface area contributed by atoms with Crippen LogP contribution in [0.1, 0.15) is 149 Å². The molecule has 23 atom stereocenters. The van der Waals surface area contributed by atoms with E-state index in [1.165, 1.54) is 36.4 Å². The molecule has 0 radical (unpaired) electrons. The van der Waals surface area contributed by atoms with Gasteiger partial charge in [-0.2, -0.15) is 0 Å². The molecular weight excluding hydrogens is 1850 g/mol. The zero-order valence-corrected chi connectivity index (χ0v) is 78.2. The molecule has 8 aliphatic heterocycles. The van der Waals surface area contributed by atoms with E-state index in [0.717, 1.165) is 53.1 Å². The number of phenolic OH excluding ortho intramolecular Hbond substituents is 3. The number of aromatic hydroxyl groups is 3. The lowest BCUT2D eigenvalue weighted by Crippen LogP contribution is -2.65. The normalized spacial score (nSPS) is 28.3. The molecule has 38 nitrogen and oxygen atoms in total. The van der Waals surface area contributed by atoms with Crippen LogP contribution < -0.4 is 57.2 Å². The Morgan fingerprint density at radius 1 is 0.650 bits per heavy atom. The first-order chi connectivity index (χ1) is 65.2. The highest BCUT2D eigenvalue weighted by molar-refractivity contribution is 6.32. The van der Waals surface area contributed by atoms with Crippen molar-refractivity contribution in [3.05, 3.63) is 175 Å². The molecule has 3 fully saturated rings. The van der Waals surface area contributed by atoms with Gasteiger partial charge in [-0.15, -0.1) is 0 Å². The van der Waals surface area contributed by atoms with Crippen molar-refractivity contribution in [2.24, 2.45) is 23.5 Å². The Labute approximate surface area is 803 Å². The van der Waals surface area contributed by atoms with Crippen molar-refractivity contribution in [3.63, 3.8) is 0 Å². The maximum absolute atomic E-state index is 16.8. The van der Waals surface area contributed by atoms with E-state index in [1.54, 1.807) is 47.0 Å². The summed E-state index contributed by atoms with van der Waals surface area (Å²) in [6.45, 7) is 6.56. The number of nitrogens with zero attached hydrogens (tertiary/aromatic N) is 1. The first kappa shape index (κ1) is 104. The van der Waals surface area contributed by atoms with Gasteiger partial charge in [0.05, 0.1) is 59.5 Å². The van der Waals surface area contributed by atoms with Crippen LogP contribution in [0.2, 0.25) is 15.1 Å². The van der Waals surface area contributed by atoms with Crippen LogP contribution in [0.4, 0.5) is 0 Å². The van der Waals surface area contributed by atoms with Crippen LogP contribution in [-0.4, -0.2) is 269 Å². The van der Waals surface area contributed by atoms with Crippen molar-refractivity contribution in [3.8, 4) is 68.2 Å². The van der Waals surface area contributed by atoms with Crippen LogP contribution in [0.15, 0.2) is 121 Å². The second kappa shape index (κ2) is 45.3. The SMILES string of the molecule is CC[C@H](CC(C)C)C(=O)N[C@H]1C(=O)C[C@@H](CC(N)=O)C(=O)N[C@H]2C(=O)C[C@@H]3C(=O)N[C@H](C(=O)N[C@H](C(=O)NCCCN(C)C)c4cc(O)c(CNCCOC5OC(CO)[C@@H](O)[C@H](O)[C@H]5O)c(O)c4-c4cc3ccc4O)[C@H](O)c3ccc(c(Cl)c3)Oc3cc2cc(c3O[C@@H]2O[C@H](CO)C(O)C(O)[C@H]2O[C@H]2CC(C)(NCc3ccc(-c4ccc(Cl)cc4)cc3)[C@H](O)[C@H](C)O2)Oc2ccc(cc2Cl)[C@H]1O. The Morgan fingerprint density at radius 3 is 1.88 bits per heavy atom. The Balaban J connectivity index is 0.974. The van der Waals surface area contributed by atoms with E-state index in [1.807, 2.05) is 55.1 Å².